The number of rotatable bonds is 1. The van der Waals surface area contributed by atoms with E-state index >= 15 is 0 Å². The average molecular weight is 316 g/mol. The van der Waals surface area contributed by atoms with Crippen molar-refractivity contribution in [2.75, 3.05) is 0 Å². The Hall–Kier alpha value is -0.740. The molecule has 0 spiro atoms. The maximum absolute atomic E-state index is 7.74. The molecule has 1 aromatic heterocycles. The summed E-state index contributed by atoms with van der Waals surface area (Å²) in [5.74, 6) is 0. The monoisotopic (exact) mass is 314 g/mol. The summed E-state index contributed by atoms with van der Waals surface area (Å²) in [6.45, 7) is 0. The van der Waals surface area contributed by atoms with Gasteiger partial charge in [0.05, 0.1) is 8.44 Å². The summed E-state index contributed by atoms with van der Waals surface area (Å²) in [6.07, 6.45) is -0.0835. The van der Waals surface area contributed by atoms with E-state index in [1.807, 2.05) is 24.3 Å². The zero-order valence-electron chi connectivity index (χ0n) is 8.96. The lowest BCUT2D eigenvalue weighted by atomic mass is 10.1. The topological polar surface area (TPSA) is 25.8 Å². The van der Waals surface area contributed by atoms with Crippen LogP contribution in [0.4, 0.5) is 0 Å². The van der Waals surface area contributed by atoms with Gasteiger partial charge in [0, 0.05) is 16.2 Å². The summed E-state index contributed by atoms with van der Waals surface area (Å²) < 4.78 is 16.5. The highest BCUT2D eigenvalue weighted by molar-refractivity contribution is 9.10. The van der Waals surface area contributed by atoms with Gasteiger partial charge in [0.1, 0.15) is 0 Å². The van der Waals surface area contributed by atoms with Crippen molar-refractivity contribution in [1.29, 1.82) is 0 Å². The molecule has 0 fully saturated rings. The van der Waals surface area contributed by atoms with Gasteiger partial charge in [0.2, 0.25) is 0 Å². The maximum atomic E-state index is 7.74. The van der Waals surface area contributed by atoms with Crippen molar-refractivity contribution < 1.29 is 2.74 Å². The minimum Gasteiger partial charge on any atom is -0.231 e. The Morgan fingerprint density at radius 3 is 2.57 bits per heavy atom. The first-order valence-corrected chi connectivity index (χ1v) is 5.43. The highest BCUT2D eigenvalue weighted by Crippen LogP contribution is 2.20. The van der Waals surface area contributed by atoms with Crippen LogP contribution in [0, 0.1) is 0 Å². The highest BCUT2D eigenvalue weighted by atomic mass is 79.9. The first-order chi connectivity index (χ1) is 7.58. The molecule has 2 aromatic rings. The lowest BCUT2D eigenvalue weighted by Crippen LogP contribution is -1.86. The first kappa shape index (κ1) is 7.54. The molecule has 0 saturated heterocycles. The zero-order chi connectivity index (χ0) is 11.7. The van der Waals surface area contributed by atoms with Crippen LogP contribution < -0.4 is 0 Å². The molecule has 0 amide bonds. The van der Waals surface area contributed by atoms with E-state index < -0.39 is 0 Å². The largest absolute Gasteiger partial charge is 0.231 e. The molecule has 4 heteroatoms. The molecule has 1 aromatic carbocycles. The number of benzene rings is 1. The van der Waals surface area contributed by atoms with Gasteiger partial charge in [-0.3, -0.25) is 0 Å². The normalized spacial score (nSPS) is 12.1. The minimum absolute atomic E-state index is 0.0329. The predicted octanol–water partition coefficient (Wildman–Crippen LogP) is 3.67. The van der Waals surface area contributed by atoms with Crippen LogP contribution in [0.15, 0.2) is 45.7 Å². The summed E-state index contributed by atoms with van der Waals surface area (Å²) in [5.41, 5.74) is 1.25. The molecule has 0 aliphatic carbocycles. The Bertz CT molecular complexity index is 529. The molecule has 0 saturated carbocycles. The summed E-state index contributed by atoms with van der Waals surface area (Å²) in [5, 5.41) is 0. The van der Waals surface area contributed by atoms with Crippen LogP contribution in [0.5, 0.6) is 0 Å². The van der Waals surface area contributed by atoms with Crippen molar-refractivity contribution in [1.82, 2.24) is 9.97 Å². The van der Waals surface area contributed by atoms with Gasteiger partial charge in [-0.15, -0.1) is 0 Å². The zero-order valence-corrected chi connectivity index (χ0v) is 10.1. The number of nitrogens with zero attached hydrogens (tertiary/aromatic N) is 2. The SMILES string of the molecule is [2H]c1nc(Br)nc(-c2ccc(Br)cc2)c1[2H]. The molecule has 0 bridgehead atoms. The third-order valence-electron chi connectivity index (χ3n) is 1.64. The second-order valence-corrected chi connectivity index (χ2v) is 4.21. The quantitative estimate of drug-likeness (QED) is 0.750. The lowest BCUT2D eigenvalue weighted by molar-refractivity contribution is 1.12. The van der Waals surface area contributed by atoms with E-state index in [1.54, 1.807) is 0 Å². The van der Waals surface area contributed by atoms with Crippen LogP contribution in [0.3, 0.4) is 0 Å². The molecule has 0 aliphatic rings. The second-order valence-electron chi connectivity index (χ2n) is 2.58. The number of hydrogen-bond donors (Lipinski definition) is 0. The third-order valence-corrected chi connectivity index (χ3v) is 2.53. The number of hydrogen-bond acceptors (Lipinski definition) is 2. The van der Waals surface area contributed by atoms with Crippen LogP contribution in [-0.4, -0.2) is 9.97 Å². The molecule has 2 nitrogen and oxygen atoms in total. The molecule has 0 N–H and O–H groups in total. The van der Waals surface area contributed by atoms with Crippen molar-refractivity contribution in [2.45, 2.75) is 0 Å². The van der Waals surface area contributed by atoms with Gasteiger partial charge in [-0.2, -0.15) is 0 Å². The molecule has 0 unspecified atom stereocenters. The first-order valence-electron chi connectivity index (χ1n) is 4.84. The molecule has 2 rings (SSSR count). The van der Waals surface area contributed by atoms with E-state index in [1.165, 1.54) is 0 Å². The fourth-order valence-corrected chi connectivity index (χ4v) is 1.55. The van der Waals surface area contributed by atoms with E-state index in [-0.39, 0.29) is 12.2 Å². The minimum atomic E-state index is -0.0835. The molecule has 0 radical (unpaired) electrons. The molecule has 14 heavy (non-hydrogen) atoms. The summed E-state index contributed by atoms with van der Waals surface area (Å²) >= 11 is 6.46. The number of halogens is 2. The van der Waals surface area contributed by atoms with Crippen LogP contribution in [-0.2, 0) is 0 Å². The third kappa shape index (κ3) is 2.19. The fourth-order valence-electron chi connectivity index (χ4n) is 1.02. The van der Waals surface area contributed by atoms with E-state index in [0.717, 1.165) is 10.0 Å². The van der Waals surface area contributed by atoms with Crippen molar-refractivity contribution in [2.24, 2.45) is 0 Å². The van der Waals surface area contributed by atoms with E-state index in [9.17, 15) is 0 Å². The molecule has 0 atom stereocenters. The van der Waals surface area contributed by atoms with Crippen molar-refractivity contribution in [3.63, 3.8) is 0 Å². The van der Waals surface area contributed by atoms with E-state index in [0.29, 0.717) is 10.4 Å². The Balaban J connectivity index is 2.59. The standard InChI is InChI=1S/C10H6Br2N2/c11-8-3-1-7(2-4-8)9-5-6-13-10(12)14-9/h1-6H/i5D,6D. The Kier molecular flexibility index (Phi) is 2.26. The maximum Gasteiger partial charge on any atom is 0.197 e. The fraction of sp³-hybridized carbons (Fsp3) is 0. The lowest BCUT2D eigenvalue weighted by Gasteiger charge is -2.00. The van der Waals surface area contributed by atoms with Gasteiger partial charge in [0.15, 0.2) is 4.73 Å². The van der Waals surface area contributed by atoms with Gasteiger partial charge in [-0.05, 0) is 34.1 Å². The van der Waals surface area contributed by atoms with E-state index in [4.69, 9.17) is 2.74 Å². The average Bonchev–Trinajstić information content (AvgIpc) is 2.25. The summed E-state index contributed by atoms with van der Waals surface area (Å²) in [6, 6.07) is 7.46. The van der Waals surface area contributed by atoms with Crippen molar-refractivity contribution in [3.05, 3.63) is 45.7 Å². The van der Waals surface area contributed by atoms with Crippen LogP contribution in [0.25, 0.3) is 11.3 Å². The molecular weight excluding hydrogens is 308 g/mol. The Labute approximate surface area is 101 Å². The van der Waals surface area contributed by atoms with Crippen molar-refractivity contribution >= 4 is 31.9 Å². The smallest absolute Gasteiger partial charge is 0.197 e. The van der Waals surface area contributed by atoms with Gasteiger partial charge in [-0.25, -0.2) is 9.97 Å². The van der Waals surface area contributed by atoms with Crippen LogP contribution in [0.1, 0.15) is 2.74 Å². The van der Waals surface area contributed by atoms with Gasteiger partial charge in [0.25, 0.3) is 0 Å². The van der Waals surface area contributed by atoms with Gasteiger partial charge >= 0.3 is 0 Å². The predicted molar refractivity (Wildman–Crippen MR) is 62.9 cm³/mol. The van der Waals surface area contributed by atoms with Gasteiger partial charge < -0.3 is 0 Å². The Morgan fingerprint density at radius 1 is 1.14 bits per heavy atom. The molecule has 1 heterocycles. The Morgan fingerprint density at radius 2 is 1.86 bits per heavy atom. The summed E-state index contributed by atoms with van der Waals surface area (Å²) in [7, 11) is 0. The summed E-state index contributed by atoms with van der Waals surface area (Å²) in [4.78, 5) is 7.87. The number of aromatic nitrogens is 2. The second kappa shape index (κ2) is 4.19. The van der Waals surface area contributed by atoms with Gasteiger partial charge in [-0.1, -0.05) is 28.1 Å². The van der Waals surface area contributed by atoms with Crippen LogP contribution >= 0.6 is 31.9 Å². The van der Waals surface area contributed by atoms with Crippen LogP contribution in [0.2, 0.25) is 0 Å². The highest BCUT2D eigenvalue weighted by Gasteiger charge is 1.99. The molecule has 70 valence electrons. The molecular formula is C10H6Br2N2. The molecule has 0 aliphatic heterocycles. The van der Waals surface area contributed by atoms with Crippen molar-refractivity contribution in [3.8, 4) is 11.3 Å². The van der Waals surface area contributed by atoms with E-state index in [2.05, 4.69) is 41.8 Å².